The molecule has 0 saturated carbocycles. The van der Waals surface area contributed by atoms with Crippen molar-refractivity contribution in [2.24, 2.45) is 5.73 Å². The molecule has 2 unspecified atom stereocenters. The van der Waals surface area contributed by atoms with Crippen molar-refractivity contribution in [2.75, 3.05) is 18.9 Å². The van der Waals surface area contributed by atoms with Crippen molar-refractivity contribution < 1.29 is 38.9 Å². The number of carboxylic acid groups (broad SMARTS) is 2. The number of nitrogens with two attached hydrogens (primary N) is 1. The molecule has 0 saturated heterocycles. The van der Waals surface area contributed by atoms with Gasteiger partial charge in [0.2, 0.25) is 9.70 Å². The number of imide groups is 1. The molecule has 28 heavy (non-hydrogen) atoms. The summed E-state index contributed by atoms with van der Waals surface area (Å²) in [6.07, 6.45) is -1.95. The number of thiol groups is 1. The lowest BCUT2D eigenvalue weighted by atomic mass is 10.1. The number of aliphatic carboxylic acids is 2. The molecule has 15 heteroatoms. The van der Waals surface area contributed by atoms with E-state index in [1.807, 2.05) is 0 Å². The Bertz CT molecular complexity index is 616. The highest BCUT2D eigenvalue weighted by Crippen LogP contribution is 2.26. The van der Waals surface area contributed by atoms with E-state index in [1.54, 1.807) is 0 Å². The van der Waals surface area contributed by atoms with Gasteiger partial charge in [-0.3, -0.25) is 19.2 Å². The van der Waals surface area contributed by atoms with Crippen LogP contribution in [0.4, 0.5) is 4.79 Å². The van der Waals surface area contributed by atoms with Crippen molar-refractivity contribution in [1.82, 2.24) is 10.2 Å². The Hall–Kier alpha value is -1.47. The molecule has 0 rings (SSSR count). The Morgan fingerprint density at radius 1 is 1.18 bits per heavy atom. The van der Waals surface area contributed by atoms with Gasteiger partial charge < -0.3 is 26.0 Å². The number of rotatable bonds is 10. The van der Waals surface area contributed by atoms with Crippen molar-refractivity contribution in [2.45, 2.75) is 28.7 Å². The Balaban J connectivity index is 5.09. The first-order valence-corrected chi connectivity index (χ1v) is 9.20. The van der Waals surface area contributed by atoms with Crippen LogP contribution in [0.1, 0.15) is 12.8 Å². The molecule has 0 spiro atoms. The van der Waals surface area contributed by atoms with E-state index in [0.29, 0.717) is 0 Å². The Morgan fingerprint density at radius 3 is 2.18 bits per heavy atom. The number of amides is 3. The van der Waals surface area contributed by atoms with E-state index in [-0.39, 0.29) is 23.5 Å². The van der Waals surface area contributed by atoms with Crippen LogP contribution in [-0.2, 0) is 23.9 Å². The summed E-state index contributed by atoms with van der Waals surface area (Å²) >= 11 is 20.1. The highest BCUT2D eigenvalue weighted by molar-refractivity contribution is 7.80. The number of hydrogen-bond acceptors (Lipinski definition) is 8. The van der Waals surface area contributed by atoms with Gasteiger partial charge in [-0.25, -0.2) is 9.69 Å². The van der Waals surface area contributed by atoms with Crippen LogP contribution in [0.3, 0.4) is 0 Å². The van der Waals surface area contributed by atoms with Crippen molar-refractivity contribution in [1.29, 1.82) is 0 Å². The molecule has 0 radical (unpaired) electrons. The molecule has 3 amide bonds. The smallest absolute Gasteiger partial charge is 0.417 e. The maximum Gasteiger partial charge on any atom is 0.417 e. The predicted octanol–water partition coefficient (Wildman–Crippen LogP) is 0.0131. The first-order chi connectivity index (χ1) is 12.8. The van der Waals surface area contributed by atoms with Crippen LogP contribution < -0.4 is 11.1 Å². The molecule has 0 aromatic heterocycles. The number of carbonyl (C=O) groups excluding carboxylic acids is 3. The third-order valence-electron chi connectivity index (χ3n) is 2.95. The van der Waals surface area contributed by atoms with E-state index >= 15 is 0 Å². The molecule has 0 heterocycles. The maximum atomic E-state index is 12.4. The van der Waals surface area contributed by atoms with E-state index in [1.165, 1.54) is 0 Å². The van der Waals surface area contributed by atoms with Crippen molar-refractivity contribution in [3.05, 3.63) is 0 Å². The number of halogens is 3. The van der Waals surface area contributed by atoms with Crippen LogP contribution in [0.5, 0.6) is 0 Å². The zero-order valence-corrected chi connectivity index (χ0v) is 17.3. The summed E-state index contributed by atoms with van der Waals surface area (Å²) in [6, 6.07) is -2.69. The lowest BCUT2D eigenvalue weighted by Crippen LogP contribution is -2.53. The summed E-state index contributed by atoms with van der Waals surface area (Å²) in [4.78, 5) is 58.1. The van der Waals surface area contributed by atoms with E-state index in [0.717, 1.165) is 0 Å². The van der Waals surface area contributed by atoms with E-state index in [4.69, 9.17) is 50.7 Å². The third kappa shape index (κ3) is 10.8. The average Bonchev–Trinajstić information content (AvgIpc) is 2.58. The van der Waals surface area contributed by atoms with Gasteiger partial charge >= 0.3 is 18.0 Å². The molecule has 5 N–H and O–H groups in total. The maximum absolute atomic E-state index is 12.4. The predicted molar refractivity (Wildman–Crippen MR) is 102 cm³/mol. The van der Waals surface area contributed by atoms with Gasteiger partial charge in [0, 0.05) is 12.2 Å². The Kier molecular flexibility index (Phi) is 11.5. The first kappa shape index (κ1) is 26.5. The second-order valence-electron chi connectivity index (χ2n) is 5.27. The Labute approximate surface area is 179 Å². The minimum Gasteiger partial charge on any atom is -0.480 e. The summed E-state index contributed by atoms with van der Waals surface area (Å²) in [7, 11) is 0. The number of ether oxygens (including phenoxy) is 1. The van der Waals surface area contributed by atoms with Gasteiger partial charge in [0.05, 0.1) is 0 Å². The van der Waals surface area contributed by atoms with Crippen LogP contribution in [0.15, 0.2) is 0 Å². The van der Waals surface area contributed by atoms with Crippen LogP contribution in [0.2, 0.25) is 0 Å². The molecule has 0 aliphatic rings. The zero-order valence-electron chi connectivity index (χ0n) is 14.1. The topological polar surface area (TPSA) is 176 Å². The van der Waals surface area contributed by atoms with Crippen LogP contribution in [-0.4, -0.2) is 79.7 Å². The molecule has 11 nitrogen and oxygen atoms in total. The summed E-state index contributed by atoms with van der Waals surface area (Å²) in [6.45, 7) is -1.84. The van der Waals surface area contributed by atoms with Crippen molar-refractivity contribution in [3.63, 3.8) is 0 Å². The van der Waals surface area contributed by atoms with E-state index in [2.05, 4.69) is 22.7 Å². The van der Waals surface area contributed by atoms with Gasteiger partial charge in [0.1, 0.15) is 25.2 Å². The summed E-state index contributed by atoms with van der Waals surface area (Å²) < 4.78 is 2.59. The van der Waals surface area contributed by atoms with Crippen LogP contribution in [0, 0.1) is 0 Å². The second-order valence-corrected chi connectivity index (χ2v) is 8.16. The zero-order chi connectivity index (χ0) is 22.1. The standard InChI is InChI=1S/C13H18Cl3N3O8S/c14-13(15,16)5-27-12(26)19(3-9(21)22)10(23)7(4-28)18-8(20)2-1-6(17)11(24)25/h6-7,28H,1-5,17H2,(H,18,20)(H,21,22)(H,24,25). The number of nitrogens with zero attached hydrogens (tertiary/aromatic N) is 1. The largest absolute Gasteiger partial charge is 0.480 e. The highest BCUT2D eigenvalue weighted by Gasteiger charge is 2.33. The molecule has 2 atom stereocenters. The number of carboxylic acids is 2. The van der Waals surface area contributed by atoms with Crippen molar-refractivity contribution in [3.8, 4) is 0 Å². The number of alkyl halides is 3. The van der Waals surface area contributed by atoms with Crippen molar-refractivity contribution >= 4 is 77.3 Å². The fraction of sp³-hybridized carbons (Fsp3) is 0.615. The van der Waals surface area contributed by atoms with Gasteiger partial charge in [0.15, 0.2) is 0 Å². The van der Waals surface area contributed by atoms with Gasteiger partial charge in [-0.05, 0) is 6.42 Å². The Morgan fingerprint density at radius 2 is 1.75 bits per heavy atom. The minimum atomic E-state index is -1.99. The van der Waals surface area contributed by atoms with E-state index < -0.39 is 58.9 Å². The number of carbonyl (C=O) groups is 5. The normalized spacial score (nSPS) is 13.2. The lowest BCUT2D eigenvalue weighted by molar-refractivity contribution is -0.144. The fourth-order valence-corrected chi connectivity index (χ4v) is 2.05. The average molecular weight is 483 g/mol. The first-order valence-electron chi connectivity index (χ1n) is 7.43. The van der Waals surface area contributed by atoms with Gasteiger partial charge in [0.25, 0.3) is 5.91 Å². The lowest BCUT2D eigenvalue weighted by Gasteiger charge is -2.24. The van der Waals surface area contributed by atoms with Crippen LogP contribution in [0.25, 0.3) is 0 Å². The molecule has 0 aliphatic carbocycles. The molecule has 0 aliphatic heterocycles. The second kappa shape index (κ2) is 12.2. The molecular weight excluding hydrogens is 465 g/mol. The van der Waals surface area contributed by atoms with E-state index in [9.17, 15) is 24.0 Å². The van der Waals surface area contributed by atoms with Crippen LogP contribution >= 0.6 is 47.4 Å². The van der Waals surface area contributed by atoms with Gasteiger partial charge in [-0.2, -0.15) is 12.6 Å². The SMILES string of the molecule is NC(CCC(=O)NC(CS)C(=O)N(CC(=O)O)C(=O)OCC(Cl)(Cl)Cl)C(=O)O. The third-order valence-corrected chi connectivity index (χ3v) is 3.65. The number of hydrogen-bond donors (Lipinski definition) is 5. The number of nitrogens with one attached hydrogen (secondary N) is 1. The molecule has 0 fully saturated rings. The highest BCUT2D eigenvalue weighted by atomic mass is 35.6. The minimum absolute atomic E-state index is 0.197. The molecule has 0 bridgehead atoms. The monoisotopic (exact) mass is 481 g/mol. The quantitative estimate of drug-likeness (QED) is 0.212. The van der Waals surface area contributed by atoms with Gasteiger partial charge in [-0.1, -0.05) is 34.8 Å². The summed E-state index contributed by atoms with van der Waals surface area (Å²) in [5.41, 5.74) is 5.27. The summed E-state index contributed by atoms with van der Waals surface area (Å²) in [5.74, 6) is -5.05. The molecular formula is C13H18Cl3N3O8S. The van der Waals surface area contributed by atoms with Gasteiger partial charge in [-0.15, -0.1) is 0 Å². The fourth-order valence-electron chi connectivity index (χ4n) is 1.64. The summed E-state index contributed by atoms with van der Waals surface area (Å²) in [5, 5.41) is 19.8. The molecule has 0 aromatic carbocycles. The molecule has 0 aromatic rings. The molecule has 160 valence electrons.